The lowest BCUT2D eigenvalue weighted by molar-refractivity contribution is -0.139. The minimum atomic E-state index is -0.564. The zero-order valence-corrected chi connectivity index (χ0v) is 18.4. The molecule has 1 atom stereocenters. The van der Waals surface area contributed by atoms with Crippen LogP contribution in [0.3, 0.4) is 0 Å². The second-order valence-electron chi connectivity index (χ2n) is 6.74. The van der Waals surface area contributed by atoms with Gasteiger partial charge < -0.3 is 10.2 Å². The molecule has 0 saturated heterocycles. The van der Waals surface area contributed by atoms with Crippen LogP contribution in [0.2, 0.25) is 5.02 Å². The monoisotopic (exact) mass is 436 g/mol. The number of amides is 2. The lowest BCUT2D eigenvalue weighted by Crippen LogP contribution is -2.48. The molecule has 1 N–H and O–H groups in total. The quantitative estimate of drug-likeness (QED) is 0.626. The molecule has 2 aromatic rings. The summed E-state index contributed by atoms with van der Waals surface area (Å²) in [7, 11) is 1.56. The van der Waals surface area contributed by atoms with Gasteiger partial charge in [-0.3, -0.25) is 9.59 Å². The minimum absolute atomic E-state index is 0.129. The molecule has 0 radical (unpaired) electrons. The summed E-state index contributed by atoms with van der Waals surface area (Å²) in [6.45, 7) is 4.20. The second-order valence-corrected chi connectivity index (χ2v) is 8.13. The molecule has 2 amide bonds. The van der Waals surface area contributed by atoms with Crippen LogP contribution in [0, 0.1) is 12.7 Å². The fraction of sp³-hybridized carbons (Fsp3) is 0.364. The molecule has 0 heterocycles. The van der Waals surface area contributed by atoms with E-state index in [4.69, 9.17) is 11.6 Å². The molecule has 0 aromatic heterocycles. The first-order chi connectivity index (χ1) is 13.9. The molecule has 4 nitrogen and oxygen atoms in total. The molecule has 2 aromatic carbocycles. The van der Waals surface area contributed by atoms with Crippen LogP contribution in [0.5, 0.6) is 0 Å². The van der Waals surface area contributed by atoms with E-state index in [9.17, 15) is 14.0 Å². The third-order valence-electron chi connectivity index (χ3n) is 4.60. The molecule has 0 unspecified atom stereocenters. The molecule has 0 spiro atoms. The maximum Gasteiger partial charge on any atom is 0.242 e. The van der Waals surface area contributed by atoms with Gasteiger partial charge in [0.25, 0.3) is 0 Å². The van der Waals surface area contributed by atoms with Gasteiger partial charge in [0.2, 0.25) is 11.8 Å². The number of likely N-dealkylation sites (N-methyl/N-ethyl adjacent to an activating group) is 1. The SMILES string of the molecule is CC[C@H](C(=O)NC)N(Cc1cccc(C)c1)C(=O)CSCc1c(F)cccc1Cl. The van der Waals surface area contributed by atoms with Gasteiger partial charge in [0.15, 0.2) is 0 Å². The Bertz CT molecular complexity index is 842. The van der Waals surface area contributed by atoms with Crippen molar-refractivity contribution in [1.82, 2.24) is 10.2 Å². The van der Waals surface area contributed by atoms with Gasteiger partial charge in [0, 0.05) is 29.9 Å². The second kappa shape index (κ2) is 11.2. The van der Waals surface area contributed by atoms with E-state index in [1.54, 1.807) is 24.1 Å². The zero-order chi connectivity index (χ0) is 21.4. The standard InChI is InChI=1S/C22H26ClFN2O2S/c1-4-20(22(28)25-3)26(12-16-8-5-7-15(2)11-16)21(27)14-29-13-17-18(23)9-6-10-19(17)24/h5-11,20H,4,12-14H2,1-3H3,(H,25,28)/t20-/m1/s1. The first-order valence-electron chi connectivity index (χ1n) is 9.44. The third kappa shape index (κ3) is 6.47. The van der Waals surface area contributed by atoms with Gasteiger partial charge in [0.05, 0.1) is 5.75 Å². The van der Waals surface area contributed by atoms with Crippen molar-refractivity contribution in [2.45, 2.75) is 38.6 Å². The molecule has 0 aliphatic rings. The molecule has 29 heavy (non-hydrogen) atoms. The van der Waals surface area contributed by atoms with Crippen LogP contribution in [0.25, 0.3) is 0 Å². The summed E-state index contributed by atoms with van der Waals surface area (Å²) in [5.41, 5.74) is 2.44. The molecule has 0 saturated carbocycles. The normalized spacial score (nSPS) is 11.8. The van der Waals surface area contributed by atoms with Crippen molar-refractivity contribution in [2.75, 3.05) is 12.8 Å². The maximum atomic E-state index is 13.9. The number of rotatable bonds is 9. The molecule has 0 bridgehead atoms. The van der Waals surface area contributed by atoms with Crippen LogP contribution >= 0.6 is 23.4 Å². The van der Waals surface area contributed by atoms with Crippen LogP contribution in [0.1, 0.15) is 30.0 Å². The van der Waals surface area contributed by atoms with Gasteiger partial charge in [-0.2, -0.15) is 0 Å². The Balaban J connectivity index is 2.14. The number of carbonyl (C=O) groups excluding carboxylic acids is 2. The first kappa shape index (κ1) is 23.2. The number of aryl methyl sites for hydroxylation is 1. The minimum Gasteiger partial charge on any atom is -0.357 e. The molecule has 0 fully saturated rings. The Kier molecular flexibility index (Phi) is 8.99. The molecule has 156 valence electrons. The number of nitrogens with one attached hydrogen (secondary N) is 1. The Morgan fingerprint density at radius 3 is 2.59 bits per heavy atom. The Hall–Kier alpha value is -2.05. The summed E-state index contributed by atoms with van der Waals surface area (Å²) in [6.07, 6.45) is 0.501. The summed E-state index contributed by atoms with van der Waals surface area (Å²) >= 11 is 7.35. The third-order valence-corrected chi connectivity index (χ3v) is 5.90. The van der Waals surface area contributed by atoms with Gasteiger partial charge in [-0.1, -0.05) is 54.4 Å². The largest absolute Gasteiger partial charge is 0.357 e. The highest BCUT2D eigenvalue weighted by molar-refractivity contribution is 7.99. The fourth-order valence-electron chi connectivity index (χ4n) is 3.09. The molecule has 7 heteroatoms. The van der Waals surface area contributed by atoms with Crippen molar-refractivity contribution in [3.05, 3.63) is 70.0 Å². The van der Waals surface area contributed by atoms with Gasteiger partial charge in [0.1, 0.15) is 11.9 Å². The van der Waals surface area contributed by atoms with Crippen molar-refractivity contribution in [1.29, 1.82) is 0 Å². The van der Waals surface area contributed by atoms with E-state index in [-0.39, 0.29) is 29.1 Å². The smallest absolute Gasteiger partial charge is 0.242 e. The zero-order valence-electron chi connectivity index (χ0n) is 16.9. The highest BCUT2D eigenvalue weighted by Crippen LogP contribution is 2.24. The summed E-state index contributed by atoms with van der Waals surface area (Å²) < 4.78 is 13.9. The van der Waals surface area contributed by atoms with Crippen molar-refractivity contribution >= 4 is 35.2 Å². The molecule has 0 aliphatic carbocycles. The van der Waals surface area contributed by atoms with Gasteiger partial charge in [-0.05, 0) is 31.0 Å². The van der Waals surface area contributed by atoms with E-state index in [2.05, 4.69) is 5.32 Å². The topological polar surface area (TPSA) is 49.4 Å². The van der Waals surface area contributed by atoms with Crippen molar-refractivity contribution in [2.24, 2.45) is 0 Å². The van der Waals surface area contributed by atoms with Crippen LogP contribution in [-0.4, -0.2) is 35.6 Å². The Labute approximate surface area is 180 Å². The van der Waals surface area contributed by atoms with E-state index >= 15 is 0 Å². The van der Waals surface area contributed by atoms with E-state index in [1.165, 1.54) is 17.8 Å². The Morgan fingerprint density at radius 1 is 1.24 bits per heavy atom. The lowest BCUT2D eigenvalue weighted by atomic mass is 10.1. The Morgan fingerprint density at radius 2 is 1.97 bits per heavy atom. The van der Waals surface area contributed by atoms with Crippen molar-refractivity contribution in [3.8, 4) is 0 Å². The summed E-state index contributed by atoms with van der Waals surface area (Å²) in [5.74, 6) is -0.336. The number of carbonyl (C=O) groups is 2. The van der Waals surface area contributed by atoms with Crippen molar-refractivity contribution in [3.63, 3.8) is 0 Å². The first-order valence-corrected chi connectivity index (χ1v) is 11.0. The predicted molar refractivity (Wildman–Crippen MR) is 117 cm³/mol. The average molecular weight is 437 g/mol. The summed E-state index contributed by atoms with van der Waals surface area (Å²) in [5, 5.41) is 2.98. The molecule has 0 aliphatic heterocycles. The average Bonchev–Trinajstić information content (AvgIpc) is 2.69. The maximum absolute atomic E-state index is 13.9. The number of nitrogens with zero attached hydrogens (tertiary/aromatic N) is 1. The van der Waals surface area contributed by atoms with Crippen LogP contribution in [0.4, 0.5) is 4.39 Å². The van der Waals surface area contributed by atoms with Gasteiger partial charge in [-0.25, -0.2) is 4.39 Å². The number of halogens is 2. The predicted octanol–water partition coefficient (Wildman–Crippen LogP) is 4.57. The number of hydrogen-bond donors (Lipinski definition) is 1. The number of thioether (sulfide) groups is 1. The van der Waals surface area contributed by atoms with Crippen LogP contribution < -0.4 is 5.32 Å². The van der Waals surface area contributed by atoms with E-state index in [1.807, 2.05) is 38.1 Å². The van der Waals surface area contributed by atoms with E-state index < -0.39 is 6.04 Å². The summed E-state index contributed by atoms with van der Waals surface area (Å²) in [6, 6.07) is 11.8. The van der Waals surface area contributed by atoms with Gasteiger partial charge in [-0.15, -0.1) is 11.8 Å². The molecule has 2 rings (SSSR count). The van der Waals surface area contributed by atoms with E-state index in [0.29, 0.717) is 23.6 Å². The highest BCUT2D eigenvalue weighted by Gasteiger charge is 2.28. The number of benzene rings is 2. The molecular formula is C22H26ClFN2O2S. The van der Waals surface area contributed by atoms with E-state index in [0.717, 1.165) is 11.1 Å². The highest BCUT2D eigenvalue weighted by atomic mass is 35.5. The molecular weight excluding hydrogens is 411 g/mol. The number of hydrogen-bond acceptors (Lipinski definition) is 3. The lowest BCUT2D eigenvalue weighted by Gasteiger charge is -2.30. The fourth-order valence-corrected chi connectivity index (χ4v) is 4.34. The van der Waals surface area contributed by atoms with Crippen LogP contribution in [0.15, 0.2) is 42.5 Å². The van der Waals surface area contributed by atoms with Crippen LogP contribution in [-0.2, 0) is 21.9 Å². The van der Waals surface area contributed by atoms with Crippen molar-refractivity contribution < 1.29 is 14.0 Å². The van der Waals surface area contributed by atoms with Gasteiger partial charge >= 0.3 is 0 Å². The summed E-state index contributed by atoms with van der Waals surface area (Å²) in [4.78, 5) is 27.0.